The molecule has 3 heteroatoms. The quantitative estimate of drug-likeness (QED) is 0.707. The first-order chi connectivity index (χ1) is 6.45. The molecule has 0 saturated carbocycles. The van der Waals surface area contributed by atoms with Crippen LogP contribution in [0.5, 0.6) is 5.75 Å². The maximum atomic E-state index is 5.40. The van der Waals surface area contributed by atoms with E-state index in [1.165, 1.54) is 12.5 Å². The zero-order valence-corrected chi connectivity index (χ0v) is 7.05. The van der Waals surface area contributed by atoms with Gasteiger partial charge < -0.3 is 14.2 Å². The van der Waals surface area contributed by atoms with E-state index < -0.39 is 0 Å². The normalized spacial score (nSPS) is 15.1. The van der Waals surface area contributed by atoms with Gasteiger partial charge in [-0.1, -0.05) is 18.2 Å². The van der Waals surface area contributed by atoms with E-state index in [1.54, 1.807) is 0 Å². The van der Waals surface area contributed by atoms with Crippen molar-refractivity contribution in [2.24, 2.45) is 0 Å². The Morgan fingerprint density at radius 3 is 2.46 bits per heavy atom. The molecular weight excluding hydrogens is 168 g/mol. The Hall–Kier alpha value is -1.64. The number of rotatable bonds is 3. The smallest absolute Gasteiger partial charge is 0.273 e. The maximum Gasteiger partial charge on any atom is 0.273 e. The van der Waals surface area contributed by atoms with Crippen molar-refractivity contribution in [2.45, 2.75) is 6.29 Å². The van der Waals surface area contributed by atoms with Crippen LogP contribution in [0.1, 0.15) is 0 Å². The Labute approximate surface area is 76.5 Å². The lowest BCUT2D eigenvalue weighted by Gasteiger charge is -2.11. The van der Waals surface area contributed by atoms with Crippen molar-refractivity contribution < 1.29 is 14.2 Å². The van der Waals surface area contributed by atoms with Gasteiger partial charge in [-0.3, -0.25) is 0 Å². The molecule has 2 rings (SSSR count). The van der Waals surface area contributed by atoms with Crippen LogP contribution in [0.3, 0.4) is 0 Å². The summed E-state index contributed by atoms with van der Waals surface area (Å²) >= 11 is 0. The van der Waals surface area contributed by atoms with Gasteiger partial charge in [0.25, 0.3) is 6.29 Å². The minimum absolute atomic E-state index is 0.305. The Kier molecular flexibility index (Phi) is 2.36. The van der Waals surface area contributed by atoms with Gasteiger partial charge in [-0.2, -0.15) is 0 Å². The molecule has 1 heterocycles. The molecule has 1 aliphatic heterocycles. The topological polar surface area (TPSA) is 27.7 Å². The monoisotopic (exact) mass is 178 g/mol. The summed E-state index contributed by atoms with van der Waals surface area (Å²) in [5, 5.41) is 0. The van der Waals surface area contributed by atoms with Crippen LogP contribution in [-0.2, 0) is 9.47 Å². The molecule has 0 fully saturated rings. The van der Waals surface area contributed by atoms with E-state index in [4.69, 9.17) is 14.2 Å². The van der Waals surface area contributed by atoms with Gasteiger partial charge in [0.1, 0.15) is 18.3 Å². The molecule has 0 aromatic heterocycles. The van der Waals surface area contributed by atoms with Gasteiger partial charge in [-0.05, 0) is 12.1 Å². The van der Waals surface area contributed by atoms with Crippen LogP contribution in [0, 0.1) is 0 Å². The Morgan fingerprint density at radius 1 is 1.08 bits per heavy atom. The van der Waals surface area contributed by atoms with Crippen LogP contribution in [0.4, 0.5) is 0 Å². The predicted octanol–water partition coefficient (Wildman–Crippen LogP) is 1.91. The van der Waals surface area contributed by atoms with Crippen molar-refractivity contribution in [1.29, 1.82) is 0 Å². The first-order valence-corrected chi connectivity index (χ1v) is 4.09. The Balaban J connectivity index is 1.80. The average molecular weight is 178 g/mol. The standard InChI is InChI=1S/C10H10O3/c1-2-4-9(5-3-1)13-8-10-11-6-7-12-10/h1-7,10H,8H2. The highest BCUT2D eigenvalue weighted by atomic mass is 16.7. The van der Waals surface area contributed by atoms with Crippen molar-refractivity contribution in [2.75, 3.05) is 6.61 Å². The molecule has 0 radical (unpaired) electrons. The van der Waals surface area contributed by atoms with Crippen LogP contribution in [0.15, 0.2) is 42.9 Å². The third kappa shape index (κ3) is 2.15. The third-order valence-electron chi connectivity index (χ3n) is 1.65. The summed E-state index contributed by atoms with van der Waals surface area (Å²) in [5.41, 5.74) is 0. The highest BCUT2D eigenvalue weighted by Crippen LogP contribution is 2.11. The minimum atomic E-state index is -0.305. The number of benzene rings is 1. The molecule has 68 valence electrons. The summed E-state index contributed by atoms with van der Waals surface area (Å²) < 4.78 is 15.5. The summed E-state index contributed by atoms with van der Waals surface area (Å²) in [4.78, 5) is 0. The molecule has 1 aliphatic rings. The van der Waals surface area contributed by atoms with Crippen molar-refractivity contribution in [3.05, 3.63) is 42.9 Å². The lowest BCUT2D eigenvalue weighted by Crippen LogP contribution is -2.17. The first-order valence-electron chi connectivity index (χ1n) is 4.09. The van der Waals surface area contributed by atoms with Crippen LogP contribution in [-0.4, -0.2) is 12.9 Å². The molecule has 0 unspecified atom stereocenters. The Bertz CT molecular complexity index is 273. The Morgan fingerprint density at radius 2 is 1.77 bits per heavy atom. The van der Waals surface area contributed by atoms with Crippen LogP contribution in [0.2, 0.25) is 0 Å². The van der Waals surface area contributed by atoms with Gasteiger partial charge >= 0.3 is 0 Å². The molecule has 0 saturated heterocycles. The van der Waals surface area contributed by atoms with Gasteiger partial charge in [0.15, 0.2) is 6.61 Å². The summed E-state index contributed by atoms with van der Waals surface area (Å²) in [5.74, 6) is 0.821. The lowest BCUT2D eigenvalue weighted by molar-refractivity contribution is -0.0520. The van der Waals surface area contributed by atoms with Gasteiger partial charge in [0.2, 0.25) is 0 Å². The van der Waals surface area contributed by atoms with Crippen LogP contribution in [0.25, 0.3) is 0 Å². The average Bonchev–Trinajstić information content (AvgIpc) is 2.69. The van der Waals surface area contributed by atoms with Gasteiger partial charge in [0.05, 0.1) is 0 Å². The van der Waals surface area contributed by atoms with Crippen molar-refractivity contribution >= 4 is 0 Å². The second kappa shape index (κ2) is 3.85. The second-order valence-corrected chi connectivity index (χ2v) is 2.60. The number of ether oxygens (including phenoxy) is 3. The molecule has 3 nitrogen and oxygen atoms in total. The summed E-state index contributed by atoms with van der Waals surface area (Å²) in [6, 6.07) is 9.57. The van der Waals surface area contributed by atoms with E-state index in [1.807, 2.05) is 30.3 Å². The van der Waals surface area contributed by atoms with Crippen molar-refractivity contribution in [1.82, 2.24) is 0 Å². The highest BCUT2D eigenvalue weighted by molar-refractivity contribution is 5.20. The lowest BCUT2D eigenvalue weighted by atomic mass is 10.3. The number of hydrogen-bond donors (Lipinski definition) is 0. The number of para-hydroxylation sites is 1. The molecule has 0 atom stereocenters. The van der Waals surface area contributed by atoms with Gasteiger partial charge in [-0.15, -0.1) is 0 Å². The molecule has 0 amide bonds. The second-order valence-electron chi connectivity index (χ2n) is 2.60. The largest absolute Gasteiger partial charge is 0.486 e. The third-order valence-corrected chi connectivity index (χ3v) is 1.65. The zero-order chi connectivity index (χ0) is 8.93. The van der Waals surface area contributed by atoms with E-state index in [0.717, 1.165) is 5.75 Å². The predicted molar refractivity (Wildman–Crippen MR) is 47.0 cm³/mol. The molecule has 0 N–H and O–H groups in total. The summed E-state index contributed by atoms with van der Waals surface area (Å²) in [7, 11) is 0. The summed E-state index contributed by atoms with van der Waals surface area (Å²) in [6.45, 7) is 0.400. The molecule has 1 aromatic carbocycles. The maximum absolute atomic E-state index is 5.40. The minimum Gasteiger partial charge on any atom is -0.486 e. The van der Waals surface area contributed by atoms with Crippen molar-refractivity contribution in [3.8, 4) is 5.75 Å². The van der Waals surface area contributed by atoms with E-state index in [9.17, 15) is 0 Å². The number of hydrogen-bond acceptors (Lipinski definition) is 3. The van der Waals surface area contributed by atoms with Crippen LogP contribution >= 0.6 is 0 Å². The molecule has 0 spiro atoms. The molecule has 0 bridgehead atoms. The van der Waals surface area contributed by atoms with E-state index in [-0.39, 0.29) is 6.29 Å². The van der Waals surface area contributed by atoms with Gasteiger partial charge in [0, 0.05) is 0 Å². The molecule has 0 aliphatic carbocycles. The van der Waals surface area contributed by atoms with Crippen molar-refractivity contribution in [3.63, 3.8) is 0 Å². The molecule has 1 aromatic rings. The molecular formula is C10H10O3. The fraction of sp³-hybridized carbons (Fsp3) is 0.200. The highest BCUT2D eigenvalue weighted by Gasteiger charge is 2.12. The summed E-state index contributed by atoms with van der Waals surface area (Å²) in [6.07, 6.45) is 2.72. The SMILES string of the molecule is C1=COC(COc2ccccc2)O1. The fourth-order valence-corrected chi connectivity index (χ4v) is 1.03. The van der Waals surface area contributed by atoms with E-state index >= 15 is 0 Å². The zero-order valence-electron chi connectivity index (χ0n) is 7.05. The molecule has 13 heavy (non-hydrogen) atoms. The van der Waals surface area contributed by atoms with E-state index in [2.05, 4.69) is 0 Å². The first kappa shape index (κ1) is 7.98. The van der Waals surface area contributed by atoms with E-state index in [0.29, 0.717) is 6.61 Å². The van der Waals surface area contributed by atoms with Crippen LogP contribution < -0.4 is 4.74 Å². The fourth-order valence-electron chi connectivity index (χ4n) is 1.03. The van der Waals surface area contributed by atoms with Gasteiger partial charge in [-0.25, -0.2) is 0 Å².